The number of rotatable bonds is 31. The van der Waals surface area contributed by atoms with E-state index in [-0.39, 0.29) is 47.7 Å². The number of aromatic nitrogens is 1. The molecular weight excluding hydrogens is 1580 g/mol. The zero-order chi connectivity index (χ0) is 82.5. The predicted octanol–water partition coefficient (Wildman–Crippen LogP) is 12.6. The highest BCUT2D eigenvalue weighted by atomic mass is 35.5. The summed E-state index contributed by atoms with van der Waals surface area (Å²) < 4.78 is 105. The lowest BCUT2D eigenvalue weighted by Gasteiger charge is -2.46. The van der Waals surface area contributed by atoms with Crippen molar-refractivity contribution in [2.45, 2.75) is 175 Å². The van der Waals surface area contributed by atoms with E-state index in [0.29, 0.717) is 81.7 Å². The molecule has 6 aromatic rings. The fourth-order valence-corrected chi connectivity index (χ4v) is 21.1. The fourth-order valence-electron chi connectivity index (χ4n) is 17.1. The largest absolute Gasteiger partial charge is 0.501 e. The summed E-state index contributed by atoms with van der Waals surface area (Å²) in [5.74, 6) is -0.984. The summed E-state index contributed by atoms with van der Waals surface area (Å²) in [7, 11) is -11.0. The van der Waals surface area contributed by atoms with Crippen molar-refractivity contribution in [2.75, 3.05) is 140 Å². The Hall–Kier alpha value is -7.00. The van der Waals surface area contributed by atoms with Crippen molar-refractivity contribution < 1.29 is 59.0 Å². The van der Waals surface area contributed by atoms with Crippen LogP contribution in [0.2, 0.25) is 5.02 Å². The highest BCUT2D eigenvalue weighted by Crippen LogP contribution is 2.45. The molecule has 1 aliphatic carbocycles. The number of benzene rings is 5. The number of halogens is 4. The molecule has 0 unspecified atom stereocenters. The van der Waals surface area contributed by atoms with Crippen LogP contribution in [-0.2, 0) is 39.0 Å². The maximum Gasteiger partial charge on any atom is 0.501 e. The first-order chi connectivity index (χ1) is 55.4. The van der Waals surface area contributed by atoms with Gasteiger partial charge >= 0.3 is 5.51 Å². The molecule has 630 valence electrons. The van der Waals surface area contributed by atoms with Gasteiger partial charge in [0.25, 0.3) is 25.8 Å². The third-order valence-electron chi connectivity index (χ3n) is 23.8. The number of sulfonamides is 1. The monoisotopic (exact) mass is 1690 g/mol. The molecule has 30 heteroatoms. The van der Waals surface area contributed by atoms with Gasteiger partial charge in [0.1, 0.15) is 10.9 Å². The quantitative estimate of drug-likeness (QED) is 0.0200. The number of alkyl halides is 3. The van der Waals surface area contributed by atoms with Crippen molar-refractivity contribution >= 4 is 95.1 Å². The summed E-state index contributed by atoms with van der Waals surface area (Å²) in [6, 6.07) is 32.7. The van der Waals surface area contributed by atoms with Gasteiger partial charge in [-0.05, 0) is 178 Å². The molecule has 6 aliphatic rings. The maximum atomic E-state index is 14.5. The summed E-state index contributed by atoms with van der Waals surface area (Å²) in [5.41, 5.74) is 2.99. The van der Waals surface area contributed by atoms with E-state index >= 15 is 0 Å². The second-order valence-electron chi connectivity index (χ2n) is 33.5. The van der Waals surface area contributed by atoms with Gasteiger partial charge in [-0.2, -0.15) is 13.2 Å². The molecule has 5 aliphatic heterocycles. The number of sulfone groups is 1. The molecule has 0 saturated carbocycles. The van der Waals surface area contributed by atoms with E-state index in [9.17, 15) is 54.3 Å². The molecule has 0 bridgehead atoms. The summed E-state index contributed by atoms with van der Waals surface area (Å²) in [5, 5.41) is 21.2. The number of carbonyl (C=O) groups excluding carboxylic acids is 4. The molecule has 0 radical (unpaired) electrons. The minimum atomic E-state index is -6.11. The number of thioether (sulfide) groups is 1. The van der Waals surface area contributed by atoms with Gasteiger partial charge in [-0.25, -0.2) is 26.5 Å². The third kappa shape index (κ3) is 23.1. The predicted molar refractivity (Wildman–Crippen MR) is 453 cm³/mol. The molecule has 1 aromatic heterocycles. The number of nitrogens with one attached hydrogen (secondary N) is 4. The zero-order valence-electron chi connectivity index (χ0n) is 67.6. The van der Waals surface area contributed by atoms with E-state index in [1.807, 2.05) is 116 Å². The van der Waals surface area contributed by atoms with E-state index in [0.717, 1.165) is 174 Å². The van der Waals surface area contributed by atoms with Crippen molar-refractivity contribution in [2.24, 2.45) is 10.8 Å². The van der Waals surface area contributed by atoms with Gasteiger partial charge in [-0.1, -0.05) is 106 Å². The number of nitrogens with zero attached hydrogens (tertiary/aromatic N) is 8. The number of aryl methyl sites for hydroxylation is 1. The van der Waals surface area contributed by atoms with Crippen LogP contribution in [0.15, 0.2) is 147 Å². The number of hydrogen-bond donors (Lipinski definition) is 5. The first-order valence-electron chi connectivity index (χ1n) is 40.9. The number of aliphatic hydroxyl groups excluding tert-OH is 1. The number of piperidine rings is 1. The topological polar surface area (TPSA) is 250 Å². The highest BCUT2D eigenvalue weighted by molar-refractivity contribution is 7.99. The van der Waals surface area contributed by atoms with E-state index < -0.39 is 76.4 Å². The molecule has 6 atom stereocenters. The van der Waals surface area contributed by atoms with Gasteiger partial charge < -0.3 is 50.3 Å². The van der Waals surface area contributed by atoms with Gasteiger partial charge in [0.2, 0.25) is 17.7 Å². The normalized spacial score (nSPS) is 21.1. The SMILES string of the molecule is Cc1ncsc1-c1ccc([C@H](C)NC(=O)[C@@H]2C[C@@H](O)CN2C(=O)[C@@H](NCCCCCC(=O)N2CCC(N3CCN(C[C@]4(C)CCC(c5ccc(Cl)cc5)=C(CN5CCN(c6ccc(C(=O)NS(=O)(=O)c7ccc(N[C@H](CCN8CCCOCC8)CSc8ccccc8)c(S(=O)(=O)C(F)(F)F)c7)cc6)CC5)C4)CC3)CC2)C(C)(C)C)cc1. The maximum absolute atomic E-state index is 14.5. The van der Waals surface area contributed by atoms with Gasteiger partial charge in [0.15, 0.2) is 0 Å². The lowest BCUT2D eigenvalue weighted by Crippen LogP contribution is -2.56. The molecule has 5 saturated heterocycles. The van der Waals surface area contributed by atoms with Gasteiger partial charge in [0.05, 0.1) is 51.5 Å². The summed E-state index contributed by atoms with van der Waals surface area (Å²) in [6.45, 7) is 26.3. The Balaban J connectivity index is 0.575. The number of unbranched alkanes of at least 4 members (excludes halogenated alkanes) is 2. The number of ether oxygens (including phenoxy) is 1. The smallest absolute Gasteiger partial charge is 0.391 e. The number of hydrogen-bond acceptors (Lipinski definition) is 20. The second kappa shape index (κ2) is 39.5. The van der Waals surface area contributed by atoms with Crippen LogP contribution in [0.1, 0.15) is 145 Å². The molecule has 5 N–H and O–H groups in total. The minimum absolute atomic E-state index is 0.0225. The third-order valence-corrected chi connectivity index (χ3v) is 29.0. The van der Waals surface area contributed by atoms with Crippen LogP contribution in [0.3, 0.4) is 0 Å². The number of carbonyl (C=O) groups is 4. The van der Waals surface area contributed by atoms with Crippen LogP contribution in [0.5, 0.6) is 0 Å². The number of piperazine rings is 2. The first kappa shape index (κ1) is 88.3. The highest BCUT2D eigenvalue weighted by Gasteiger charge is 2.49. The number of anilines is 2. The molecule has 4 amide bonds. The lowest BCUT2D eigenvalue weighted by atomic mass is 9.71. The molecule has 5 fully saturated rings. The molecule has 6 heterocycles. The van der Waals surface area contributed by atoms with Gasteiger partial charge in [-0.15, -0.1) is 23.1 Å². The molecule has 22 nitrogen and oxygen atoms in total. The van der Waals surface area contributed by atoms with Crippen molar-refractivity contribution in [3.05, 3.63) is 160 Å². The van der Waals surface area contributed by atoms with E-state index in [1.54, 1.807) is 28.4 Å². The van der Waals surface area contributed by atoms with E-state index in [1.165, 1.54) is 40.6 Å². The van der Waals surface area contributed by atoms with Crippen molar-refractivity contribution in [1.29, 1.82) is 0 Å². The van der Waals surface area contributed by atoms with Crippen LogP contribution < -0.4 is 25.6 Å². The lowest BCUT2D eigenvalue weighted by molar-refractivity contribution is -0.142. The van der Waals surface area contributed by atoms with Crippen LogP contribution in [0, 0.1) is 17.8 Å². The number of β-amino-alcohol motifs (C(OH)–C–C–N with tert-alkyl or cyclic N) is 1. The van der Waals surface area contributed by atoms with Crippen molar-refractivity contribution in [3.63, 3.8) is 0 Å². The first-order valence-corrected chi connectivity index (χ1v) is 46.2. The minimum Gasteiger partial charge on any atom is -0.391 e. The summed E-state index contributed by atoms with van der Waals surface area (Å²) >= 11 is 9.47. The number of likely N-dealkylation sites (tertiary alicyclic amines) is 2. The Kier molecular flexibility index (Phi) is 30.0. The van der Waals surface area contributed by atoms with E-state index in [2.05, 4.69) is 64.5 Å². The van der Waals surface area contributed by atoms with Gasteiger partial charge in [-0.3, -0.25) is 29.0 Å². The zero-order valence-corrected chi connectivity index (χ0v) is 71.6. The van der Waals surface area contributed by atoms with Crippen LogP contribution in [-0.4, -0.2) is 246 Å². The average molecular weight is 1700 g/mol. The standard InChI is InChI=1S/C86H114ClF3N12O10S4/c1-60(62-17-19-64(20-18-62)79-61(2)92-59-114-79)93-82(106)76-52-71(103)56-102(76)83(107)80(84(3,4)5)91-36-12-8-11-16-78(104)101-39-33-70(34-40-101)100-47-43-98(44-48-100)58-85(6)35-31-74(63-21-25-67(87)26-22-63)66(54-85)55-97-41-45-99(46-42-97)69-27-23-65(24-28-69)81(105)95-116(110,111)73-29-30-75(77(53-73)115(108,109)86(88,89)90)94-68(57-113-72-14-9-7-10-15-72)32-38-96-37-13-50-112-51-49-96/h7,9-10,14-15,17-30,53,59-60,68,70-71,76,80,91,94,103H,8,11-13,16,31-52,54-58H2,1-6H3,(H,93,106)(H,95,105)/t60-,68+,71+,76-,80+,85+/m0/s1. The Morgan fingerprint density at radius 3 is 2.17 bits per heavy atom. The van der Waals surface area contributed by atoms with Crippen molar-refractivity contribution in [3.8, 4) is 10.4 Å². The fraction of sp³-hybridized carbons (Fsp3) is 0.547. The van der Waals surface area contributed by atoms with Crippen LogP contribution >= 0.6 is 34.7 Å². The molecule has 116 heavy (non-hydrogen) atoms. The van der Waals surface area contributed by atoms with Crippen LogP contribution in [0.25, 0.3) is 16.0 Å². The number of amides is 4. The Bertz CT molecular complexity index is 4570. The summed E-state index contributed by atoms with van der Waals surface area (Å²) in [6.07, 6.45) is 8.31. The van der Waals surface area contributed by atoms with E-state index in [4.69, 9.17) is 16.3 Å². The Morgan fingerprint density at radius 2 is 1.49 bits per heavy atom. The Labute approximate surface area is 696 Å². The summed E-state index contributed by atoms with van der Waals surface area (Å²) in [4.78, 5) is 75.6. The van der Waals surface area contributed by atoms with Crippen LogP contribution in [0.4, 0.5) is 24.5 Å². The Morgan fingerprint density at radius 1 is 0.793 bits per heavy atom. The molecule has 0 spiro atoms. The van der Waals surface area contributed by atoms with Gasteiger partial charge in [0, 0.05) is 163 Å². The number of aliphatic hydroxyl groups is 1. The number of thiazole rings is 1. The molecule has 12 rings (SSSR count). The number of allylic oxidation sites excluding steroid dienone is 1. The molecule has 5 aromatic carbocycles. The molecular formula is C86H114ClF3N12O10S4. The average Bonchev–Trinajstić information content (AvgIpc) is 0.845. The second-order valence-corrected chi connectivity index (χ2v) is 39.5. The van der Waals surface area contributed by atoms with Crippen molar-refractivity contribution in [1.82, 2.24) is 49.7 Å².